The normalized spacial score (nSPS) is 13.5. The van der Waals surface area contributed by atoms with E-state index in [0.29, 0.717) is 0 Å². The molecule has 2 nitrogen and oxygen atoms in total. The third-order valence-electron chi connectivity index (χ3n) is 1.42. The molecule has 0 spiro atoms. The van der Waals surface area contributed by atoms with Crippen LogP contribution in [0.4, 0.5) is 0 Å². The minimum absolute atomic E-state index is 0.921. The SMILES string of the molecule is CC=N/C=C\CC(CC)=NC. The molecule has 0 fully saturated rings. The topological polar surface area (TPSA) is 24.7 Å². The maximum absolute atomic E-state index is 4.12. The van der Waals surface area contributed by atoms with Crippen molar-refractivity contribution in [1.29, 1.82) is 0 Å². The van der Waals surface area contributed by atoms with E-state index in [1.165, 1.54) is 5.71 Å². The van der Waals surface area contributed by atoms with Crippen molar-refractivity contribution in [2.24, 2.45) is 9.98 Å². The Morgan fingerprint density at radius 3 is 2.64 bits per heavy atom. The fraction of sp³-hybridized carbons (Fsp3) is 0.556. The Kier molecular flexibility index (Phi) is 6.59. The van der Waals surface area contributed by atoms with E-state index in [-0.39, 0.29) is 0 Å². The van der Waals surface area contributed by atoms with Crippen LogP contribution in [0.2, 0.25) is 0 Å². The Morgan fingerprint density at radius 2 is 2.18 bits per heavy atom. The summed E-state index contributed by atoms with van der Waals surface area (Å²) in [4.78, 5) is 8.07. The van der Waals surface area contributed by atoms with Gasteiger partial charge in [0.1, 0.15) is 0 Å². The highest BCUT2D eigenvalue weighted by Gasteiger charge is 1.88. The molecule has 0 atom stereocenters. The second-order valence-electron chi connectivity index (χ2n) is 2.14. The lowest BCUT2D eigenvalue weighted by molar-refractivity contribution is 1.18. The van der Waals surface area contributed by atoms with Gasteiger partial charge in [0.2, 0.25) is 0 Å². The summed E-state index contributed by atoms with van der Waals surface area (Å²) in [7, 11) is 1.83. The summed E-state index contributed by atoms with van der Waals surface area (Å²) >= 11 is 0. The predicted molar refractivity (Wildman–Crippen MR) is 51.6 cm³/mol. The van der Waals surface area contributed by atoms with Gasteiger partial charge < -0.3 is 0 Å². The Bertz CT molecular complexity index is 166. The van der Waals surface area contributed by atoms with E-state index >= 15 is 0 Å². The summed E-state index contributed by atoms with van der Waals surface area (Å²) < 4.78 is 0. The van der Waals surface area contributed by atoms with Crippen LogP contribution >= 0.6 is 0 Å². The van der Waals surface area contributed by atoms with Crippen molar-refractivity contribution in [2.45, 2.75) is 26.7 Å². The molecule has 0 heterocycles. The lowest BCUT2D eigenvalue weighted by Gasteiger charge is -1.94. The average Bonchev–Trinajstić information content (AvgIpc) is 2.05. The molecule has 11 heavy (non-hydrogen) atoms. The van der Waals surface area contributed by atoms with Gasteiger partial charge in [0.15, 0.2) is 0 Å². The molecule has 0 saturated heterocycles. The number of nitrogens with zero attached hydrogens (tertiary/aromatic N) is 2. The summed E-state index contributed by atoms with van der Waals surface area (Å²) in [6.07, 6.45) is 7.54. The van der Waals surface area contributed by atoms with Crippen LogP contribution in [0.1, 0.15) is 26.7 Å². The predicted octanol–water partition coefficient (Wildman–Crippen LogP) is 2.46. The molecule has 0 aromatic heterocycles. The van der Waals surface area contributed by atoms with Gasteiger partial charge >= 0.3 is 0 Å². The number of allylic oxidation sites excluding steroid dienone is 1. The molecule has 0 rings (SSSR count). The number of aliphatic imine (C=N–C) groups is 2. The van der Waals surface area contributed by atoms with E-state index < -0.39 is 0 Å². The van der Waals surface area contributed by atoms with Crippen LogP contribution < -0.4 is 0 Å². The quantitative estimate of drug-likeness (QED) is 0.553. The second-order valence-corrected chi connectivity index (χ2v) is 2.14. The third kappa shape index (κ3) is 5.52. The van der Waals surface area contributed by atoms with Gasteiger partial charge in [0.05, 0.1) is 0 Å². The molecule has 0 aromatic rings. The number of hydrogen-bond donors (Lipinski definition) is 0. The van der Waals surface area contributed by atoms with Gasteiger partial charge in [-0.3, -0.25) is 9.98 Å². The summed E-state index contributed by atoms with van der Waals surface area (Å²) in [6, 6.07) is 0. The first-order valence-electron chi connectivity index (χ1n) is 3.92. The molecule has 2 heteroatoms. The highest BCUT2D eigenvalue weighted by molar-refractivity contribution is 5.85. The average molecular weight is 152 g/mol. The fourth-order valence-electron chi connectivity index (χ4n) is 0.729. The molecule has 62 valence electrons. The van der Waals surface area contributed by atoms with Crippen molar-refractivity contribution in [2.75, 3.05) is 7.05 Å². The van der Waals surface area contributed by atoms with Crippen molar-refractivity contribution < 1.29 is 0 Å². The van der Waals surface area contributed by atoms with E-state index in [2.05, 4.69) is 16.9 Å². The molecule has 0 aliphatic heterocycles. The van der Waals surface area contributed by atoms with E-state index in [9.17, 15) is 0 Å². The molecule has 0 saturated carbocycles. The smallest absolute Gasteiger partial charge is 0.0276 e. The van der Waals surface area contributed by atoms with Crippen molar-refractivity contribution in [3.8, 4) is 0 Å². The van der Waals surface area contributed by atoms with E-state index in [1.54, 1.807) is 12.4 Å². The van der Waals surface area contributed by atoms with Gasteiger partial charge in [0.25, 0.3) is 0 Å². The maximum Gasteiger partial charge on any atom is 0.0276 e. The third-order valence-corrected chi connectivity index (χ3v) is 1.42. The molecule has 0 aromatic carbocycles. The summed E-state index contributed by atoms with van der Waals surface area (Å²) in [5.41, 5.74) is 1.22. The molecule has 0 N–H and O–H groups in total. The molecule has 0 aliphatic rings. The fourth-order valence-corrected chi connectivity index (χ4v) is 0.729. The van der Waals surface area contributed by atoms with Crippen LogP contribution in [0.3, 0.4) is 0 Å². The minimum atomic E-state index is 0.921. The summed E-state index contributed by atoms with van der Waals surface area (Å²) in [5, 5.41) is 0. The summed E-state index contributed by atoms with van der Waals surface area (Å²) in [5.74, 6) is 0. The first kappa shape index (κ1) is 10.1. The minimum Gasteiger partial charge on any atom is -0.297 e. The lowest BCUT2D eigenvalue weighted by Crippen LogP contribution is -1.92. The second kappa shape index (κ2) is 7.19. The molecule has 0 unspecified atom stereocenters. The van der Waals surface area contributed by atoms with Crippen LogP contribution in [0.25, 0.3) is 0 Å². The van der Waals surface area contributed by atoms with Crippen LogP contribution in [0, 0.1) is 0 Å². The Balaban J connectivity index is 3.68. The van der Waals surface area contributed by atoms with Crippen molar-refractivity contribution in [3.63, 3.8) is 0 Å². The monoisotopic (exact) mass is 152 g/mol. The number of rotatable bonds is 4. The van der Waals surface area contributed by atoms with Gasteiger partial charge in [-0.25, -0.2) is 0 Å². The molecule has 0 amide bonds. The molecular weight excluding hydrogens is 136 g/mol. The maximum atomic E-state index is 4.12. The van der Waals surface area contributed by atoms with Crippen LogP contribution in [0.5, 0.6) is 0 Å². The van der Waals surface area contributed by atoms with Crippen LogP contribution in [0.15, 0.2) is 22.3 Å². The zero-order chi connectivity index (χ0) is 8.53. The molecule has 0 bridgehead atoms. The first-order chi connectivity index (χ1) is 5.35. The van der Waals surface area contributed by atoms with Crippen LogP contribution in [-0.2, 0) is 0 Å². The zero-order valence-electron chi connectivity index (χ0n) is 7.54. The van der Waals surface area contributed by atoms with Crippen molar-refractivity contribution >= 4 is 11.9 Å². The van der Waals surface area contributed by atoms with E-state index in [4.69, 9.17) is 0 Å². The van der Waals surface area contributed by atoms with E-state index in [1.807, 2.05) is 20.0 Å². The Hall–Kier alpha value is -0.920. The highest BCUT2D eigenvalue weighted by Crippen LogP contribution is 1.93. The number of hydrogen-bond acceptors (Lipinski definition) is 2. The molecule has 0 radical (unpaired) electrons. The van der Waals surface area contributed by atoms with Crippen LogP contribution in [-0.4, -0.2) is 19.0 Å². The van der Waals surface area contributed by atoms with Gasteiger partial charge in [-0.15, -0.1) is 0 Å². The van der Waals surface area contributed by atoms with Gasteiger partial charge in [-0.2, -0.15) is 0 Å². The zero-order valence-corrected chi connectivity index (χ0v) is 7.54. The molecular formula is C9H16N2. The standard InChI is InChI=1S/C9H16N2/c1-4-9(10-3)7-6-8-11-5-2/h5-6,8H,4,7H2,1-3H3/b8-6-,10-9?,11-5?. The van der Waals surface area contributed by atoms with Gasteiger partial charge in [-0.1, -0.05) is 13.0 Å². The van der Waals surface area contributed by atoms with Gasteiger partial charge in [-0.05, 0) is 13.3 Å². The first-order valence-corrected chi connectivity index (χ1v) is 3.92. The summed E-state index contributed by atoms with van der Waals surface area (Å²) in [6.45, 7) is 4.01. The van der Waals surface area contributed by atoms with Crippen molar-refractivity contribution in [1.82, 2.24) is 0 Å². The largest absolute Gasteiger partial charge is 0.297 e. The van der Waals surface area contributed by atoms with Crippen molar-refractivity contribution in [3.05, 3.63) is 12.3 Å². The Morgan fingerprint density at radius 1 is 1.45 bits per heavy atom. The highest BCUT2D eigenvalue weighted by atomic mass is 14.7. The Labute approximate surface area is 68.8 Å². The van der Waals surface area contributed by atoms with Gasteiger partial charge in [0, 0.05) is 31.6 Å². The lowest BCUT2D eigenvalue weighted by atomic mass is 10.2. The molecule has 0 aliphatic carbocycles. The van der Waals surface area contributed by atoms with E-state index in [0.717, 1.165) is 12.8 Å².